The summed E-state index contributed by atoms with van der Waals surface area (Å²) in [6, 6.07) is 0. The van der Waals surface area contributed by atoms with E-state index in [2.05, 4.69) is 10.5 Å². The van der Waals surface area contributed by atoms with E-state index in [-0.39, 0.29) is 18.4 Å². The first-order valence-electron chi connectivity index (χ1n) is 4.13. The molecule has 2 atom stereocenters. The van der Waals surface area contributed by atoms with Gasteiger partial charge in [0.25, 0.3) is 0 Å². The molecule has 0 heterocycles. The van der Waals surface area contributed by atoms with E-state index in [0.717, 1.165) is 0 Å². The average molecular weight is 189 g/mol. The fourth-order valence-electron chi connectivity index (χ4n) is 0.846. The molecule has 0 radical (unpaired) electrons. The molecule has 4 N–H and O–H groups in total. The van der Waals surface area contributed by atoms with E-state index >= 15 is 0 Å². The molecule has 0 saturated heterocycles. The van der Waals surface area contributed by atoms with E-state index in [1.165, 1.54) is 0 Å². The largest absolute Gasteiger partial charge is 0.392 e. The van der Waals surface area contributed by atoms with Crippen LogP contribution in [0.1, 0.15) is 13.3 Å². The second-order valence-electron chi connectivity index (χ2n) is 2.65. The molecule has 0 aromatic rings. The highest BCUT2D eigenvalue weighted by atomic mass is 16.3. The Hall–Kier alpha value is -1.01. The fraction of sp³-hybridized carbons (Fsp3) is 0.857. The van der Waals surface area contributed by atoms with Gasteiger partial charge in [0.05, 0.1) is 6.61 Å². The van der Waals surface area contributed by atoms with Crippen LogP contribution in [0.3, 0.4) is 0 Å². The van der Waals surface area contributed by atoms with E-state index in [0.29, 0.717) is 6.42 Å². The second kappa shape index (κ2) is 6.50. The number of rotatable bonds is 6. The molecule has 0 fully saturated rings. The van der Waals surface area contributed by atoms with Crippen LogP contribution in [0, 0.1) is 10.8 Å². The molecular weight excluding hydrogens is 174 g/mol. The van der Waals surface area contributed by atoms with E-state index in [1.54, 1.807) is 0 Å². The lowest BCUT2D eigenvalue weighted by molar-refractivity contribution is -0.125. The molecule has 1 unspecified atom stereocenters. The molecule has 0 aromatic heterocycles. The summed E-state index contributed by atoms with van der Waals surface area (Å²) in [7, 11) is 0. The Kier molecular flexibility index (Phi) is 5.99. The van der Waals surface area contributed by atoms with E-state index in [4.69, 9.17) is 10.8 Å². The predicted molar refractivity (Wildman–Crippen MR) is 47.6 cm³/mol. The summed E-state index contributed by atoms with van der Waals surface area (Å²) < 4.78 is 0. The summed E-state index contributed by atoms with van der Waals surface area (Å²) in [5, 5.41) is 13.4. The molecule has 6 heteroatoms. The third-order valence-corrected chi connectivity index (χ3v) is 1.76. The van der Waals surface area contributed by atoms with Crippen molar-refractivity contribution in [3.63, 3.8) is 0 Å². The summed E-state index contributed by atoms with van der Waals surface area (Å²) in [5.41, 5.74) is 5.31. The molecule has 0 aliphatic carbocycles. The minimum atomic E-state index is -1.06. The predicted octanol–water partition coefficient (Wildman–Crippen LogP) is -0.828. The van der Waals surface area contributed by atoms with Crippen LogP contribution < -0.4 is 11.1 Å². The first-order valence-corrected chi connectivity index (χ1v) is 4.13. The zero-order chi connectivity index (χ0) is 10.3. The van der Waals surface area contributed by atoms with Crippen molar-refractivity contribution in [1.29, 1.82) is 0 Å². The highest BCUT2D eigenvalue weighted by Gasteiger charge is 2.18. The Labute approximate surface area is 76.5 Å². The van der Waals surface area contributed by atoms with Crippen LogP contribution in [0.4, 0.5) is 0 Å². The van der Waals surface area contributed by atoms with Crippen molar-refractivity contribution in [2.45, 2.75) is 19.5 Å². The van der Waals surface area contributed by atoms with Crippen molar-refractivity contribution in [3.8, 4) is 0 Å². The summed E-state index contributed by atoms with van der Waals surface area (Å²) >= 11 is 0. The maximum absolute atomic E-state index is 11.2. The van der Waals surface area contributed by atoms with Crippen molar-refractivity contribution in [1.82, 2.24) is 5.32 Å². The third-order valence-electron chi connectivity index (χ3n) is 1.76. The van der Waals surface area contributed by atoms with Gasteiger partial charge in [-0.2, -0.15) is 0 Å². The van der Waals surface area contributed by atoms with Gasteiger partial charge in [0.2, 0.25) is 5.91 Å². The number of carbonyl (C=O) groups excluding carboxylic acids is 1. The summed E-state index contributed by atoms with van der Waals surface area (Å²) in [4.78, 5) is 21.2. The van der Waals surface area contributed by atoms with Crippen molar-refractivity contribution in [2.24, 2.45) is 16.8 Å². The van der Waals surface area contributed by atoms with Crippen LogP contribution in [0.5, 0.6) is 0 Å². The topological polar surface area (TPSA) is 105 Å². The molecule has 0 aromatic carbocycles. The van der Waals surface area contributed by atoms with Crippen molar-refractivity contribution in [3.05, 3.63) is 4.91 Å². The van der Waals surface area contributed by atoms with Crippen LogP contribution in [0.2, 0.25) is 0 Å². The zero-order valence-electron chi connectivity index (χ0n) is 7.56. The van der Waals surface area contributed by atoms with Crippen molar-refractivity contribution < 1.29 is 9.90 Å². The van der Waals surface area contributed by atoms with Gasteiger partial charge in [-0.15, -0.1) is 4.91 Å². The monoisotopic (exact) mass is 189 g/mol. The number of nitroso groups, excluding NO2 is 1. The third kappa shape index (κ3) is 3.95. The first-order chi connectivity index (χ1) is 6.19. The van der Waals surface area contributed by atoms with Crippen LogP contribution in [-0.4, -0.2) is 30.3 Å². The zero-order valence-corrected chi connectivity index (χ0v) is 7.56. The fourth-order valence-corrected chi connectivity index (χ4v) is 0.846. The second-order valence-corrected chi connectivity index (χ2v) is 2.65. The molecule has 0 bridgehead atoms. The normalized spacial score (nSPS) is 14.7. The molecule has 0 aliphatic heterocycles. The van der Waals surface area contributed by atoms with E-state index < -0.39 is 12.8 Å². The smallest absolute Gasteiger partial charge is 0.226 e. The lowest BCUT2D eigenvalue weighted by Gasteiger charge is -2.14. The highest BCUT2D eigenvalue weighted by Crippen LogP contribution is 2.00. The molecule has 1 amide bonds. The SMILES string of the molecule is CCC(CN)C(=O)N[C@H](CO)N=O. The van der Waals surface area contributed by atoms with Gasteiger partial charge in [0.15, 0.2) is 6.17 Å². The number of hydrogen-bond acceptors (Lipinski definition) is 5. The maximum atomic E-state index is 11.2. The van der Waals surface area contributed by atoms with Crippen LogP contribution in [0.25, 0.3) is 0 Å². The van der Waals surface area contributed by atoms with Gasteiger partial charge < -0.3 is 16.2 Å². The van der Waals surface area contributed by atoms with Gasteiger partial charge >= 0.3 is 0 Å². The molecule has 6 nitrogen and oxygen atoms in total. The van der Waals surface area contributed by atoms with Crippen LogP contribution in [0.15, 0.2) is 5.18 Å². The van der Waals surface area contributed by atoms with Gasteiger partial charge in [-0.25, -0.2) is 0 Å². The lowest BCUT2D eigenvalue weighted by Crippen LogP contribution is -2.41. The molecule has 13 heavy (non-hydrogen) atoms. The van der Waals surface area contributed by atoms with Gasteiger partial charge in [-0.1, -0.05) is 6.92 Å². The average Bonchev–Trinajstić information content (AvgIpc) is 2.16. The van der Waals surface area contributed by atoms with Crippen molar-refractivity contribution in [2.75, 3.05) is 13.2 Å². The maximum Gasteiger partial charge on any atom is 0.226 e. The summed E-state index contributed by atoms with van der Waals surface area (Å²) in [6.07, 6.45) is -0.465. The Morgan fingerprint density at radius 3 is 2.62 bits per heavy atom. The van der Waals surface area contributed by atoms with Gasteiger partial charge in [-0.3, -0.25) is 4.79 Å². The Bertz CT molecular complexity index is 170. The number of nitrogens with one attached hydrogen (secondary N) is 1. The Morgan fingerprint density at radius 1 is 1.69 bits per heavy atom. The minimum absolute atomic E-state index is 0.222. The Balaban J connectivity index is 4.02. The summed E-state index contributed by atoms with van der Waals surface area (Å²) in [6.45, 7) is 1.55. The quantitative estimate of drug-likeness (QED) is 0.474. The molecular formula is C7H15N3O3. The molecule has 0 aliphatic rings. The number of nitrogens with two attached hydrogens (primary N) is 1. The van der Waals surface area contributed by atoms with Gasteiger partial charge in [0.1, 0.15) is 0 Å². The van der Waals surface area contributed by atoms with E-state index in [9.17, 15) is 9.70 Å². The van der Waals surface area contributed by atoms with Gasteiger partial charge in [0, 0.05) is 12.5 Å². The molecule has 0 saturated carbocycles. The minimum Gasteiger partial charge on any atom is -0.392 e. The molecule has 76 valence electrons. The molecule has 0 spiro atoms. The van der Waals surface area contributed by atoms with Crippen LogP contribution in [-0.2, 0) is 4.79 Å². The van der Waals surface area contributed by atoms with Gasteiger partial charge in [-0.05, 0) is 11.6 Å². The number of aliphatic hydroxyl groups is 1. The highest BCUT2D eigenvalue weighted by molar-refractivity contribution is 5.79. The number of carbonyl (C=O) groups is 1. The number of nitrogens with zero attached hydrogens (tertiary/aromatic N) is 1. The summed E-state index contributed by atoms with van der Waals surface area (Å²) in [5.74, 6) is -0.667. The molecule has 0 rings (SSSR count). The lowest BCUT2D eigenvalue weighted by atomic mass is 10.1. The first kappa shape index (κ1) is 12.0. The Morgan fingerprint density at radius 2 is 2.31 bits per heavy atom. The number of aliphatic hydroxyl groups excluding tert-OH is 1. The van der Waals surface area contributed by atoms with Crippen molar-refractivity contribution >= 4 is 5.91 Å². The number of amides is 1. The standard InChI is InChI=1S/C7H15N3O3/c1-2-5(3-8)7(12)9-6(4-11)10-13/h5-6,11H,2-4,8H2,1H3,(H,9,12)/t5?,6-/m0/s1. The number of hydrogen-bond donors (Lipinski definition) is 3. The van der Waals surface area contributed by atoms with Crippen LogP contribution >= 0.6 is 0 Å². The van der Waals surface area contributed by atoms with E-state index in [1.807, 2.05) is 6.92 Å².